The first kappa shape index (κ1) is 23.6. The predicted molar refractivity (Wildman–Crippen MR) is 127 cm³/mol. The van der Waals surface area contributed by atoms with E-state index in [1.807, 2.05) is 24.0 Å². The van der Waals surface area contributed by atoms with Gasteiger partial charge in [0.25, 0.3) is 5.91 Å². The number of nitrogens with one attached hydrogen (secondary N) is 1. The quantitative estimate of drug-likeness (QED) is 0.580. The number of nitrogens with zero attached hydrogens (tertiary/aromatic N) is 2. The molecule has 0 saturated carbocycles. The van der Waals surface area contributed by atoms with Crippen LogP contribution in [0, 0.1) is 0 Å². The van der Waals surface area contributed by atoms with E-state index in [0.29, 0.717) is 37.2 Å². The second-order valence-electron chi connectivity index (χ2n) is 7.96. The predicted octanol–water partition coefficient (Wildman–Crippen LogP) is 4.69. The molecule has 5 nitrogen and oxygen atoms in total. The standard InChI is InChI=1S/C24H29Cl2N3O2/c1-18(25)2-11-23(30)27-22-9-5-20(6-10-22)24(31)29-16-14-28(15-17-29)13-12-19-3-7-21(26)8-4-19/h3-10,18H,2,11-17H2,1H3,(H,27,30). The van der Waals surface area contributed by atoms with E-state index >= 15 is 0 Å². The Kier molecular flexibility index (Phi) is 8.76. The molecule has 0 aliphatic carbocycles. The van der Waals surface area contributed by atoms with E-state index in [1.54, 1.807) is 24.3 Å². The van der Waals surface area contributed by atoms with Crippen LogP contribution in [0.2, 0.25) is 5.02 Å². The summed E-state index contributed by atoms with van der Waals surface area (Å²) in [5.74, 6) is -0.0347. The molecule has 2 amide bonds. The van der Waals surface area contributed by atoms with Crippen molar-refractivity contribution in [1.29, 1.82) is 0 Å². The first-order valence-corrected chi connectivity index (χ1v) is 11.5. The molecule has 166 valence electrons. The maximum absolute atomic E-state index is 12.8. The van der Waals surface area contributed by atoms with Gasteiger partial charge in [-0.1, -0.05) is 23.7 Å². The van der Waals surface area contributed by atoms with Crippen molar-refractivity contribution in [1.82, 2.24) is 9.80 Å². The van der Waals surface area contributed by atoms with Gasteiger partial charge in [0.05, 0.1) is 0 Å². The van der Waals surface area contributed by atoms with Crippen LogP contribution in [-0.2, 0) is 11.2 Å². The average Bonchev–Trinajstić information content (AvgIpc) is 2.78. The lowest BCUT2D eigenvalue weighted by Crippen LogP contribution is -2.49. The molecule has 1 saturated heterocycles. The number of hydrogen-bond donors (Lipinski definition) is 1. The number of halogens is 2. The van der Waals surface area contributed by atoms with Gasteiger partial charge in [0, 0.05) is 60.8 Å². The largest absolute Gasteiger partial charge is 0.336 e. The summed E-state index contributed by atoms with van der Waals surface area (Å²) in [6, 6.07) is 15.1. The van der Waals surface area contributed by atoms with E-state index in [9.17, 15) is 9.59 Å². The molecule has 1 aliphatic rings. The number of hydrogen-bond acceptors (Lipinski definition) is 3. The minimum atomic E-state index is -0.0682. The highest BCUT2D eigenvalue weighted by Gasteiger charge is 2.22. The van der Waals surface area contributed by atoms with Crippen molar-refractivity contribution in [3.05, 3.63) is 64.7 Å². The van der Waals surface area contributed by atoms with Crippen molar-refractivity contribution < 1.29 is 9.59 Å². The molecule has 0 radical (unpaired) electrons. The fourth-order valence-corrected chi connectivity index (χ4v) is 3.78. The van der Waals surface area contributed by atoms with Crippen molar-refractivity contribution in [2.75, 3.05) is 38.0 Å². The van der Waals surface area contributed by atoms with Crippen molar-refractivity contribution in [3.8, 4) is 0 Å². The molecule has 1 N–H and O–H groups in total. The molecule has 3 rings (SSSR count). The van der Waals surface area contributed by atoms with Crippen LogP contribution < -0.4 is 5.32 Å². The first-order valence-electron chi connectivity index (χ1n) is 10.7. The normalized spacial score (nSPS) is 15.5. The van der Waals surface area contributed by atoms with Crippen molar-refractivity contribution in [3.63, 3.8) is 0 Å². The van der Waals surface area contributed by atoms with E-state index < -0.39 is 0 Å². The zero-order chi connectivity index (χ0) is 22.2. The molecule has 31 heavy (non-hydrogen) atoms. The number of anilines is 1. The lowest BCUT2D eigenvalue weighted by molar-refractivity contribution is -0.116. The molecule has 1 heterocycles. The van der Waals surface area contributed by atoms with Gasteiger partial charge in [-0.05, 0) is 61.7 Å². The Labute approximate surface area is 194 Å². The summed E-state index contributed by atoms with van der Waals surface area (Å²) in [5, 5.41) is 3.58. The van der Waals surface area contributed by atoms with Gasteiger partial charge >= 0.3 is 0 Å². The number of carbonyl (C=O) groups is 2. The highest BCUT2D eigenvalue weighted by Crippen LogP contribution is 2.15. The van der Waals surface area contributed by atoms with Gasteiger partial charge in [-0.3, -0.25) is 14.5 Å². The lowest BCUT2D eigenvalue weighted by Gasteiger charge is -2.34. The topological polar surface area (TPSA) is 52.7 Å². The van der Waals surface area contributed by atoms with E-state index in [4.69, 9.17) is 23.2 Å². The maximum Gasteiger partial charge on any atom is 0.253 e. The van der Waals surface area contributed by atoms with Crippen LogP contribution in [0.15, 0.2) is 48.5 Å². The lowest BCUT2D eigenvalue weighted by atomic mass is 10.1. The summed E-state index contributed by atoms with van der Waals surface area (Å²) in [7, 11) is 0. The summed E-state index contributed by atoms with van der Waals surface area (Å²) < 4.78 is 0. The Morgan fingerprint density at radius 2 is 1.65 bits per heavy atom. The number of amides is 2. The van der Waals surface area contributed by atoms with Crippen LogP contribution in [0.3, 0.4) is 0 Å². The maximum atomic E-state index is 12.8. The van der Waals surface area contributed by atoms with Gasteiger partial charge in [0.2, 0.25) is 5.91 Å². The summed E-state index contributed by atoms with van der Waals surface area (Å²) in [6.45, 7) is 6.01. The molecule has 1 aliphatic heterocycles. The number of carbonyl (C=O) groups excluding carboxylic acids is 2. The van der Waals surface area contributed by atoms with Crippen LogP contribution in [0.25, 0.3) is 0 Å². The molecule has 0 spiro atoms. The third-order valence-corrected chi connectivity index (χ3v) is 5.94. The van der Waals surface area contributed by atoms with Crippen LogP contribution in [-0.4, -0.2) is 59.7 Å². The van der Waals surface area contributed by atoms with Gasteiger partial charge in [-0.2, -0.15) is 0 Å². The molecule has 1 atom stereocenters. The van der Waals surface area contributed by atoms with Gasteiger partial charge < -0.3 is 10.2 Å². The summed E-state index contributed by atoms with van der Waals surface area (Å²) in [4.78, 5) is 29.0. The van der Waals surface area contributed by atoms with Crippen molar-refractivity contribution in [2.45, 2.75) is 31.6 Å². The van der Waals surface area contributed by atoms with Gasteiger partial charge in [0.15, 0.2) is 0 Å². The second-order valence-corrected chi connectivity index (χ2v) is 9.14. The van der Waals surface area contributed by atoms with E-state index in [1.165, 1.54) is 5.56 Å². The minimum Gasteiger partial charge on any atom is -0.336 e. The smallest absolute Gasteiger partial charge is 0.253 e. The van der Waals surface area contributed by atoms with Crippen LogP contribution in [0.5, 0.6) is 0 Å². The Balaban J connectivity index is 1.43. The summed E-state index contributed by atoms with van der Waals surface area (Å²) in [6.07, 6.45) is 1.99. The molecular weight excluding hydrogens is 433 g/mol. The fourth-order valence-electron chi connectivity index (χ4n) is 3.55. The number of rotatable bonds is 8. The number of alkyl halides is 1. The van der Waals surface area contributed by atoms with E-state index in [0.717, 1.165) is 31.1 Å². The molecule has 1 unspecified atom stereocenters. The zero-order valence-corrected chi connectivity index (χ0v) is 19.3. The molecule has 7 heteroatoms. The van der Waals surface area contributed by atoms with Gasteiger partial charge in [0.1, 0.15) is 0 Å². The third kappa shape index (κ3) is 7.53. The van der Waals surface area contributed by atoms with E-state index in [-0.39, 0.29) is 17.2 Å². The molecule has 0 aromatic heterocycles. The van der Waals surface area contributed by atoms with Crippen molar-refractivity contribution in [2.24, 2.45) is 0 Å². The molecule has 2 aromatic rings. The number of piperazine rings is 1. The SMILES string of the molecule is CC(Cl)CCC(=O)Nc1ccc(C(=O)N2CCN(CCc3ccc(Cl)cc3)CC2)cc1. The van der Waals surface area contributed by atoms with Crippen LogP contribution in [0.1, 0.15) is 35.7 Å². The fraction of sp³-hybridized carbons (Fsp3) is 0.417. The van der Waals surface area contributed by atoms with Crippen molar-refractivity contribution >= 4 is 40.7 Å². The third-order valence-electron chi connectivity index (χ3n) is 5.47. The van der Waals surface area contributed by atoms with Gasteiger partial charge in [-0.25, -0.2) is 0 Å². The molecule has 0 bridgehead atoms. The highest BCUT2D eigenvalue weighted by atomic mass is 35.5. The molecular formula is C24H29Cl2N3O2. The number of benzene rings is 2. The summed E-state index contributed by atoms with van der Waals surface area (Å²) >= 11 is 11.8. The Bertz CT molecular complexity index is 861. The Morgan fingerprint density at radius 3 is 2.26 bits per heavy atom. The second kappa shape index (κ2) is 11.5. The Morgan fingerprint density at radius 1 is 1.00 bits per heavy atom. The Hall–Kier alpha value is -2.08. The van der Waals surface area contributed by atoms with E-state index in [2.05, 4.69) is 22.3 Å². The monoisotopic (exact) mass is 461 g/mol. The average molecular weight is 462 g/mol. The minimum absolute atomic E-state index is 0.0244. The van der Waals surface area contributed by atoms with Crippen LogP contribution in [0.4, 0.5) is 5.69 Å². The first-order chi connectivity index (χ1) is 14.9. The van der Waals surface area contributed by atoms with Gasteiger partial charge in [-0.15, -0.1) is 11.6 Å². The molecule has 2 aromatic carbocycles. The summed E-state index contributed by atoms with van der Waals surface area (Å²) in [5.41, 5.74) is 2.60. The zero-order valence-electron chi connectivity index (χ0n) is 17.8. The molecule has 1 fully saturated rings. The van der Waals surface area contributed by atoms with Crippen LogP contribution >= 0.6 is 23.2 Å². The highest BCUT2D eigenvalue weighted by molar-refractivity contribution is 6.30.